The molecule has 1 aromatic carbocycles. The van der Waals surface area contributed by atoms with Gasteiger partial charge in [-0.25, -0.2) is 4.39 Å². The fraction of sp³-hybridized carbons (Fsp3) is 0.214. The van der Waals surface area contributed by atoms with Crippen LogP contribution in [0.2, 0.25) is 5.02 Å². The quantitative estimate of drug-likeness (QED) is 0.845. The number of amides is 2. The molecule has 0 aliphatic carbocycles. The largest absolute Gasteiger partial charge is 0.272 e. The van der Waals surface area contributed by atoms with E-state index in [1.165, 1.54) is 16.8 Å². The molecule has 0 radical (unpaired) electrons. The minimum Gasteiger partial charge on any atom is -0.271 e. The Hall–Kier alpha value is -2.41. The smallest absolute Gasteiger partial charge is 0.271 e. The van der Waals surface area contributed by atoms with E-state index in [2.05, 4.69) is 16.0 Å². The molecule has 0 spiro atoms. The third-order valence-corrected chi connectivity index (χ3v) is 3.12. The number of hydrazine groups is 1. The Morgan fingerprint density at radius 2 is 2.00 bits per heavy atom. The minimum absolute atomic E-state index is 0.0525. The second-order valence-corrected chi connectivity index (χ2v) is 5.15. The van der Waals surface area contributed by atoms with Crippen molar-refractivity contribution in [3.63, 3.8) is 0 Å². The van der Waals surface area contributed by atoms with Gasteiger partial charge in [0.15, 0.2) is 0 Å². The average Bonchev–Trinajstić information content (AvgIpc) is 2.74. The normalized spacial score (nSPS) is 10.4. The third kappa shape index (κ3) is 3.82. The molecule has 6 nitrogen and oxygen atoms in total. The molecule has 2 N–H and O–H groups in total. The van der Waals surface area contributed by atoms with Gasteiger partial charge in [-0.2, -0.15) is 5.10 Å². The molecule has 0 unspecified atom stereocenters. The summed E-state index contributed by atoms with van der Waals surface area (Å²) in [5.41, 5.74) is 5.75. The third-order valence-electron chi connectivity index (χ3n) is 2.89. The molecule has 8 heteroatoms. The number of carbonyl (C=O) groups excluding carboxylic acids is 2. The van der Waals surface area contributed by atoms with Crippen molar-refractivity contribution in [1.82, 2.24) is 20.6 Å². The molecular formula is C14H14ClFN4O2. The molecular weight excluding hydrogens is 311 g/mol. The van der Waals surface area contributed by atoms with Gasteiger partial charge in [0.2, 0.25) is 0 Å². The molecule has 1 aromatic heterocycles. The molecule has 0 saturated heterocycles. The molecule has 0 atom stereocenters. The Bertz CT molecular complexity index is 730. The maximum Gasteiger partial charge on any atom is 0.272 e. The van der Waals surface area contributed by atoms with E-state index < -0.39 is 17.6 Å². The Balaban J connectivity index is 1.93. The van der Waals surface area contributed by atoms with Crippen molar-refractivity contribution >= 4 is 23.4 Å². The number of nitrogens with zero attached hydrogens (tertiary/aromatic N) is 2. The number of aryl methyl sites for hydroxylation is 2. The predicted molar refractivity (Wildman–Crippen MR) is 78.7 cm³/mol. The lowest BCUT2D eigenvalue weighted by Gasteiger charge is -2.09. The summed E-state index contributed by atoms with van der Waals surface area (Å²) in [6, 6.07) is 5.47. The summed E-state index contributed by atoms with van der Waals surface area (Å²) >= 11 is 5.61. The Kier molecular flexibility index (Phi) is 4.77. The highest BCUT2D eigenvalue weighted by Crippen LogP contribution is 2.14. The number of carbonyl (C=O) groups is 2. The highest BCUT2D eigenvalue weighted by Gasteiger charge is 2.13. The summed E-state index contributed by atoms with van der Waals surface area (Å²) in [4.78, 5) is 23.5. The van der Waals surface area contributed by atoms with Crippen LogP contribution in [-0.2, 0) is 11.3 Å². The van der Waals surface area contributed by atoms with Gasteiger partial charge in [0.1, 0.15) is 12.4 Å². The number of hydrogen-bond donors (Lipinski definition) is 2. The van der Waals surface area contributed by atoms with Gasteiger partial charge in [-0.05, 0) is 38.1 Å². The van der Waals surface area contributed by atoms with E-state index in [1.807, 2.05) is 19.9 Å². The number of aromatic nitrogens is 2. The monoisotopic (exact) mass is 324 g/mol. The fourth-order valence-electron chi connectivity index (χ4n) is 1.88. The number of hydrogen-bond acceptors (Lipinski definition) is 3. The summed E-state index contributed by atoms with van der Waals surface area (Å²) in [5, 5.41) is 4.31. The highest BCUT2D eigenvalue weighted by molar-refractivity contribution is 6.30. The second kappa shape index (κ2) is 6.57. The number of rotatable bonds is 3. The molecule has 1 heterocycles. The molecule has 22 heavy (non-hydrogen) atoms. The van der Waals surface area contributed by atoms with Gasteiger partial charge >= 0.3 is 0 Å². The Morgan fingerprint density at radius 3 is 2.59 bits per heavy atom. The molecule has 116 valence electrons. The first-order chi connectivity index (χ1) is 10.4. The molecule has 0 fully saturated rings. The fourth-order valence-corrected chi connectivity index (χ4v) is 2.04. The average molecular weight is 325 g/mol. The van der Waals surface area contributed by atoms with E-state index in [9.17, 15) is 14.0 Å². The molecule has 0 aliphatic heterocycles. The SMILES string of the molecule is Cc1cc(C)n(CC(=O)NNC(=O)c2ccc(Cl)cc2F)n1. The topological polar surface area (TPSA) is 76.0 Å². The van der Waals surface area contributed by atoms with Gasteiger partial charge in [-0.3, -0.25) is 25.1 Å². The molecule has 0 saturated carbocycles. The molecule has 0 aliphatic rings. The van der Waals surface area contributed by atoms with Crippen molar-refractivity contribution in [3.8, 4) is 0 Å². The first-order valence-corrected chi connectivity index (χ1v) is 6.80. The maximum atomic E-state index is 13.6. The maximum absolute atomic E-state index is 13.6. The van der Waals surface area contributed by atoms with Crippen molar-refractivity contribution < 1.29 is 14.0 Å². The van der Waals surface area contributed by atoms with Crippen LogP contribution in [0.25, 0.3) is 0 Å². The summed E-state index contributed by atoms with van der Waals surface area (Å²) in [6.45, 7) is 3.57. The lowest BCUT2D eigenvalue weighted by atomic mass is 10.2. The lowest BCUT2D eigenvalue weighted by molar-refractivity contribution is -0.122. The molecule has 2 aromatic rings. The first-order valence-electron chi connectivity index (χ1n) is 6.42. The summed E-state index contributed by atoms with van der Waals surface area (Å²) in [7, 11) is 0. The Labute approximate surface area is 131 Å². The number of benzene rings is 1. The summed E-state index contributed by atoms with van der Waals surface area (Å²) in [6.07, 6.45) is 0. The van der Waals surface area contributed by atoms with E-state index in [0.717, 1.165) is 17.5 Å². The van der Waals surface area contributed by atoms with E-state index in [0.29, 0.717) is 0 Å². The van der Waals surface area contributed by atoms with Gasteiger partial charge in [-0.1, -0.05) is 11.6 Å². The van der Waals surface area contributed by atoms with Crippen LogP contribution >= 0.6 is 11.6 Å². The van der Waals surface area contributed by atoms with E-state index in [-0.39, 0.29) is 17.1 Å². The van der Waals surface area contributed by atoms with Crippen LogP contribution in [0.5, 0.6) is 0 Å². The van der Waals surface area contributed by atoms with E-state index in [4.69, 9.17) is 11.6 Å². The van der Waals surface area contributed by atoms with Crippen LogP contribution in [0.15, 0.2) is 24.3 Å². The zero-order chi connectivity index (χ0) is 16.3. The van der Waals surface area contributed by atoms with E-state index in [1.54, 1.807) is 0 Å². The zero-order valence-corrected chi connectivity index (χ0v) is 12.7. The van der Waals surface area contributed by atoms with Crippen LogP contribution in [0.4, 0.5) is 4.39 Å². The molecule has 2 rings (SSSR count). The zero-order valence-electron chi connectivity index (χ0n) is 12.0. The van der Waals surface area contributed by atoms with Crippen molar-refractivity contribution in [2.75, 3.05) is 0 Å². The number of halogens is 2. The van der Waals surface area contributed by atoms with Gasteiger partial charge < -0.3 is 0 Å². The van der Waals surface area contributed by atoms with Crippen LogP contribution in [0.1, 0.15) is 21.7 Å². The summed E-state index contributed by atoms with van der Waals surface area (Å²) in [5.74, 6) is -2.01. The second-order valence-electron chi connectivity index (χ2n) is 4.71. The standard InChI is InChI=1S/C14H14ClFN4O2/c1-8-5-9(2)20(19-8)7-13(21)17-18-14(22)11-4-3-10(15)6-12(11)16/h3-6H,7H2,1-2H3,(H,17,21)(H,18,22). The first kappa shape index (κ1) is 16.0. The van der Waals surface area contributed by atoms with Gasteiger partial charge in [0.25, 0.3) is 11.8 Å². The predicted octanol–water partition coefficient (Wildman–Crippen LogP) is 1.75. The molecule has 0 bridgehead atoms. The van der Waals surface area contributed by atoms with Crippen molar-refractivity contribution in [2.45, 2.75) is 20.4 Å². The van der Waals surface area contributed by atoms with Crippen LogP contribution in [0.3, 0.4) is 0 Å². The lowest BCUT2D eigenvalue weighted by Crippen LogP contribution is -2.43. The number of nitrogens with one attached hydrogen (secondary N) is 2. The van der Waals surface area contributed by atoms with Gasteiger partial charge in [0, 0.05) is 10.7 Å². The van der Waals surface area contributed by atoms with Crippen molar-refractivity contribution in [3.05, 3.63) is 52.1 Å². The minimum atomic E-state index is -0.768. The highest BCUT2D eigenvalue weighted by atomic mass is 35.5. The van der Waals surface area contributed by atoms with Gasteiger partial charge in [-0.15, -0.1) is 0 Å². The molecule has 2 amide bonds. The van der Waals surface area contributed by atoms with Crippen molar-refractivity contribution in [1.29, 1.82) is 0 Å². The van der Waals surface area contributed by atoms with Crippen LogP contribution < -0.4 is 10.9 Å². The van der Waals surface area contributed by atoms with E-state index >= 15 is 0 Å². The van der Waals surface area contributed by atoms with Crippen molar-refractivity contribution in [2.24, 2.45) is 0 Å². The van der Waals surface area contributed by atoms with Crippen LogP contribution in [-0.4, -0.2) is 21.6 Å². The van der Waals surface area contributed by atoms with Gasteiger partial charge in [0.05, 0.1) is 11.3 Å². The summed E-state index contributed by atoms with van der Waals surface area (Å²) < 4.78 is 15.1. The van der Waals surface area contributed by atoms with Crippen LogP contribution in [0, 0.1) is 19.7 Å². The Morgan fingerprint density at radius 1 is 1.27 bits per heavy atom.